The molecule has 1 aliphatic carbocycles. The Morgan fingerprint density at radius 1 is 1.32 bits per heavy atom. The van der Waals surface area contributed by atoms with Crippen LogP contribution in [0.25, 0.3) is 0 Å². The van der Waals surface area contributed by atoms with Crippen molar-refractivity contribution < 1.29 is 4.79 Å². The predicted molar refractivity (Wildman–Crippen MR) is 78.9 cm³/mol. The molecule has 1 saturated heterocycles. The van der Waals surface area contributed by atoms with Crippen molar-refractivity contribution in [2.45, 2.75) is 58.9 Å². The third kappa shape index (κ3) is 3.95. The number of hydrogen-bond donors (Lipinski definition) is 1. The van der Waals surface area contributed by atoms with Crippen LogP contribution in [-0.2, 0) is 4.79 Å². The molecule has 3 heteroatoms. The summed E-state index contributed by atoms with van der Waals surface area (Å²) >= 11 is 0. The summed E-state index contributed by atoms with van der Waals surface area (Å²) in [5.41, 5.74) is 0. The molecule has 0 aromatic rings. The van der Waals surface area contributed by atoms with E-state index in [0.717, 1.165) is 25.6 Å². The summed E-state index contributed by atoms with van der Waals surface area (Å²) in [6.07, 6.45) is 6.07. The lowest BCUT2D eigenvalue weighted by molar-refractivity contribution is -0.133. The van der Waals surface area contributed by atoms with Crippen LogP contribution >= 0.6 is 0 Å². The number of hydrogen-bond acceptors (Lipinski definition) is 2. The molecule has 1 saturated carbocycles. The van der Waals surface area contributed by atoms with Gasteiger partial charge in [-0.1, -0.05) is 27.2 Å². The molecule has 0 spiro atoms. The van der Waals surface area contributed by atoms with Crippen molar-refractivity contribution in [3.8, 4) is 0 Å². The Morgan fingerprint density at radius 2 is 2.05 bits per heavy atom. The van der Waals surface area contributed by atoms with Crippen LogP contribution in [0.4, 0.5) is 0 Å². The molecule has 110 valence electrons. The number of piperidine rings is 1. The van der Waals surface area contributed by atoms with Gasteiger partial charge in [0.2, 0.25) is 5.91 Å². The second-order valence-electron chi connectivity index (χ2n) is 6.79. The van der Waals surface area contributed by atoms with Gasteiger partial charge >= 0.3 is 0 Å². The molecule has 3 nitrogen and oxygen atoms in total. The minimum Gasteiger partial charge on any atom is -0.341 e. The van der Waals surface area contributed by atoms with Gasteiger partial charge in [0.05, 0.1) is 0 Å². The van der Waals surface area contributed by atoms with E-state index in [2.05, 4.69) is 24.1 Å². The third-order valence-corrected chi connectivity index (χ3v) is 5.00. The fourth-order valence-electron chi connectivity index (χ4n) is 3.23. The van der Waals surface area contributed by atoms with E-state index in [-0.39, 0.29) is 0 Å². The number of nitrogens with one attached hydrogen (secondary N) is 1. The highest BCUT2D eigenvalue weighted by atomic mass is 16.2. The lowest BCUT2D eigenvalue weighted by Gasteiger charge is -2.41. The van der Waals surface area contributed by atoms with E-state index in [9.17, 15) is 4.79 Å². The summed E-state index contributed by atoms with van der Waals surface area (Å²) in [7, 11) is 0. The van der Waals surface area contributed by atoms with Crippen molar-refractivity contribution in [3.63, 3.8) is 0 Å². The summed E-state index contributed by atoms with van der Waals surface area (Å²) in [5.74, 6) is 2.54. The Labute approximate surface area is 118 Å². The van der Waals surface area contributed by atoms with Gasteiger partial charge in [-0.2, -0.15) is 0 Å². The van der Waals surface area contributed by atoms with E-state index in [1.807, 2.05) is 6.92 Å². The molecule has 0 bridgehead atoms. The van der Waals surface area contributed by atoms with Gasteiger partial charge in [-0.3, -0.25) is 4.79 Å². The highest BCUT2D eigenvalue weighted by Gasteiger charge is 2.31. The van der Waals surface area contributed by atoms with Gasteiger partial charge in [0.25, 0.3) is 0 Å². The zero-order valence-electron chi connectivity index (χ0n) is 12.8. The maximum atomic E-state index is 12.0. The molecule has 2 aliphatic rings. The second kappa shape index (κ2) is 6.74. The minimum atomic E-state index is 0.320. The van der Waals surface area contributed by atoms with E-state index in [4.69, 9.17) is 0 Å². The molecule has 0 radical (unpaired) electrons. The summed E-state index contributed by atoms with van der Waals surface area (Å²) in [6.45, 7) is 9.58. The molecule has 1 heterocycles. The zero-order valence-corrected chi connectivity index (χ0v) is 12.8. The van der Waals surface area contributed by atoms with Gasteiger partial charge in [-0.25, -0.2) is 0 Å². The molecule has 1 N–H and O–H groups in total. The summed E-state index contributed by atoms with van der Waals surface area (Å²) in [6, 6.07) is 0.511. The van der Waals surface area contributed by atoms with Crippen molar-refractivity contribution >= 4 is 5.91 Å². The summed E-state index contributed by atoms with van der Waals surface area (Å²) < 4.78 is 0. The fraction of sp³-hybridized carbons (Fsp3) is 0.938. The van der Waals surface area contributed by atoms with Crippen molar-refractivity contribution in [1.29, 1.82) is 0 Å². The van der Waals surface area contributed by atoms with Crippen LogP contribution in [0.15, 0.2) is 0 Å². The molecular formula is C16H30N2O. The lowest BCUT2D eigenvalue weighted by atomic mass is 9.83. The van der Waals surface area contributed by atoms with Crippen LogP contribution < -0.4 is 5.32 Å². The number of likely N-dealkylation sites (tertiary alicyclic amines) is 1. The Balaban J connectivity index is 1.87. The minimum absolute atomic E-state index is 0.320. The van der Waals surface area contributed by atoms with E-state index in [1.54, 1.807) is 0 Å². The Kier molecular flexibility index (Phi) is 5.26. The monoisotopic (exact) mass is 266 g/mol. The Hall–Kier alpha value is -0.570. The molecule has 2 atom stereocenters. The summed E-state index contributed by atoms with van der Waals surface area (Å²) in [4.78, 5) is 14.1. The Morgan fingerprint density at radius 3 is 2.58 bits per heavy atom. The number of carbonyl (C=O) groups excluding carboxylic acids is 1. The van der Waals surface area contributed by atoms with E-state index in [0.29, 0.717) is 30.2 Å². The first kappa shape index (κ1) is 14.8. The lowest BCUT2D eigenvalue weighted by Crippen LogP contribution is -2.53. The molecule has 0 aromatic heterocycles. The third-order valence-electron chi connectivity index (χ3n) is 5.00. The largest absolute Gasteiger partial charge is 0.341 e. The first-order valence-corrected chi connectivity index (χ1v) is 8.11. The first-order chi connectivity index (χ1) is 9.10. The van der Waals surface area contributed by atoms with E-state index in [1.165, 1.54) is 25.7 Å². The molecule has 19 heavy (non-hydrogen) atoms. The van der Waals surface area contributed by atoms with Crippen LogP contribution in [-0.4, -0.2) is 36.5 Å². The number of amides is 1. The molecular weight excluding hydrogens is 236 g/mol. The van der Waals surface area contributed by atoms with Gasteiger partial charge in [0.1, 0.15) is 0 Å². The topological polar surface area (TPSA) is 32.3 Å². The van der Waals surface area contributed by atoms with Crippen LogP contribution in [0.1, 0.15) is 52.9 Å². The van der Waals surface area contributed by atoms with E-state index >= 15 is 0 Å². The molecule has 2 fully saturated rings. The van der Waals surface area contributed by atoms with Crippen molar-refractivity contribution in [3.05, 3.63) is 0 Å². The van der Waals surface area contributed by atoms with Crippen molar-refractivity contribution in [2.24, 2.45) is 17.8 Å². The van der Waals surface area contributed by atoms with Gasteiger partial charge < -0.3 is 10.2 Å². The molecule has 1 amide bonds. The maximum absolute atomic E-state index is 12.0. The smallest absolute Gasteiger partial charge is 0.222 e. The molecule has 0 aromatic carbocycles. The quantitative estimate of drug-likeness (QED) is 0.829. The highest BCUT2D eigenvalue weighted by Crippen LogP contribution is 2.27. The van der Waals surface area contributed by atoms with Gasteiger partial charge in [0, 0.05) is 25.6 Å². The standard InChI is InChI=1S/C16H30N2O/c1-4-16(19)18-10-14(12(2)3)8-15(11-18)17-9-13-6-5-7-13/h12-15,17H,4-11H2,1-3H3. The van der Waals surface area contributed by atoms with Crippen molar-refractivity contribution in [2.75, 3.05) is 19.6 Å². The number of nitrogens with zero attached hydrogens (tertiary/aromatic N) is 1. The highest BCUT2D eigenvalue weighted by molar-refractivity contribution is 5.76. The molecule has 2 unspecified atom stereocenters. The summed E-state index contributed by atoms with van der Waals surface area (Å²) in [5, 5.41) is 3.72. The van der Waals surface area contributed by atoms with Gasteiger partial charge in [-0.15, -0.1) is 0 Å². The average Bonchev–Trinajstić information content (AvgIpc) is 2.35. The molecule has 2 rings (SSSR count). The molecule has 1 aliphatic heterocycles. The number of rotatable bonds is 5. The van der Waals surface area contributed by atoms with Crippen LogP contribution in [0.3, 0.4) is 0 Å². The van der Waals surface area contributed by atoms with Crippen LogP contribution in [0.5, 0.6) is 0 Å². The van der Waals surface area contributed by atoms with E-state index < -0.39 is 0 Å². The maximum Gasteiger partial charge on any atom is 0.222 e. The fourth-order valence-corrected chi connectivity index (χ4v) is 3.23. The predicted octanol–water partition coefficient (Wildman–Crippen LogP) is 2.66. The number of carbonyl (C=O) groups is 1. The van der Waals surface area contributed by atoms with Crippen LogP contribution in [0.2, 0.25) is 0 Å². The SMILES string of the molecule is CCC(=O)N1CC(NCC2CCC2)CC(C(C)C)C1. The zero-order chi connectivity index (χ0) is 13.8. The van der Waals surface area contributed by atoms with Gasteiger partial charge in [0.15, 0.2) is 0 Å². The first-order valence-electron chi connectivity index (χ1n) is 8.11. The van der Waals surface area contributed by atoms with Crippen molar-refractivity contribution in [1.82, 2.24) is 10.2 Å². The average molecular weight is 266 g/mol. The second-order valence-corrected chi connectivity index (χ2v) is 6.79. The van der Waals surface area contributed by atoms with Crippen LogP contribution in [0, 0.1) is 17.8 Å². The van der Waals surface area contributed by atoms with Gasteiger partial charge in [-0.05, 0) is 43.6 Å². The normalized spacial score (nSPS) is 28.5. The Bertz CT molecular complexity index is 299.